The minimum absolute atomic E-state index is 0. The van der Waals surface area contributed by atoms with Crippen LogP contribution in [0.4, 0.5) is 0 Å². The van der Waals surface area contributed by atoms with Crippen LogP contribution >= 0.6 is 0 Å². The summed E-state index contributed by atoms with van der Waals surface area (Å²) in [6.45, 7) is 0. The second kappa shape index (κ2) is 9.70. The van der Waals surface area contributed by atoms with E-state index in [0.29, 0.717) is 3.63 Å². The Labute approximate surface area is 205 Å². The van der Waals surface area contributed by atoms with Crippen LogP contribution in [0.1, 0.15) is 53.3 Å². The summed E-state index contributed by atoms with van der Waals surface area (Å²) < 4.78 is 4.47. The Bertz CT molecular complexity index is 1210. The first-order chi connectivity index (χ1) is 14.4. The van der Waals surface area contributed by atoms with Crippen LogP contribution in [0.25, 0.3) is 21.9 Å². The fourth-order valence-corrected chi connectivity index (χ4v) is 15.4. The number of halogens is 2. The van der Waals surface area contributed by atoms with Gasteiger partial charge >= 0.3 is 182 Å². The van der Waals surface area contributed by atoms with Gasteiger partial charge in [-0.05, 0) is 0 Å². The van der Waals surface area contributed by atoms with Crippen LogP contribution in [-0.4, -0.2) is 3.21 Å². The largest absolute Gasteiger partial charge is 1.00 e. The van der Waals surface area contributed by atoms with Crippen molar-refractivity contribution >= 4 is 14.0 Å². The molecule has 0 N–H and O–H groups in total. The Morgan fingerprint density at radius 1 is 0.742 bits per heavy atom. The van der Waals surface area contributed by atoms with Crippen LogP contribution in [0.2, 0.25) is 0 Å². The number of hydrogen-bond acceptors (Lipinski definition) is 0. The molecule has 3 aromatic rings. The smallest absolute Gasteiger partial charge is 1.00 e. The predicted molar refractivity (Wildman–Crippen MR) is 121 cm³/mol. The summed E-state index contributed by atoms with van der Waals surface area (Å²) in [5, 5.41) is 2.89. The summed E-state index contributed by atoms with van der Waals surface area (Å²) in [7, 11) is 0. The van der Waals surface area contributed by atoms with Crippen LogP contribution < -0.4 is 24.8 Å². The van der Waals surface area contributed by atoms with Crippen molar-refractivity contribution in [2.45, 2.75) is 42.2 Å². The minimum Gasteiger partial charge on any atom is -1.00 e. The molecule has 0 spiro atoms. The van der Waals surface area contributed by atoms with Crippen molar-refractivity contribution in [1.29, 1.82) is 0 Å². The van der Waals surface area contributed by atoms with E-state index in [0.717, 1.165) is 0 Å². The quantitative estimate of drug-likeness (QED) is 0.477. The van der Waals surface area contributed by atoms with Crippen LogP contribution in [0.5, 0.6) is 0 Å². The summed E-state index contributed by atoms with van der Waals surface area (Å²) in [6, 6.07) is 23.1. The molecule has 0 aliphatic heterocycles. The van der Waals surface area contributed by atoms with Gasteiger partial charge in [0.2, 0.25) is 0 Å². The van der Waals surface area contributed by atoms with Crippen molar-refractivity contribution in [3.05, 3.63) is 93.3 Å². The van der Waals surface area contributed by atoms with Gasteiger partial charge in [0.05, 0.1) is 0 Å². The van der Waals surface area contributed by atoms with Crippen molar-refractivity contribution in [2.75, 3.05) is 0 Å². The van der Waals surface area contributed by atoms with Crippen molar-refractivity contribution in [3.63, 3.8) is 0 Å². The summed E-state index contributed by atoms with van der Waals surface area (Å²) in [5.41, 5.74) is 6.29. The van der Waals surface area contributed by atoms with E-state index in [9.17, 15) is 0 Å². The van der Waals surface area contributed by atoms with Gasteiger partial charge in [-0.15, -0.1) is 0 Å². The topological polar surface area (TPSA) is 0 Å². The molecule has 1 fully saturated rings. The maximum Gasteiger partial charge on any atom is -1.00 e. The maximum atomic E-state index is 2.50. The van der Waals surface area contributed by atoms with Gasteiger partial charge in [0, 0.05) is 0 Å². The van der Waals surface area contributed by atoms with E-state index in [2.05, 4.69) is 78.9 Å². The third-order valence-electron chi connectivity index (χ3n) is 7.07. The number of benzene rings is 3. The second-order valence-corrected chi connectivity index (χ2v) is 15.4. The van der Waals surface area contributed by atoms with Crippen LogP contribution in [0.3, 0.4) is 0 Å². The molecule has 0 saturated heterocycles. The van der Waals surface area contributed by atoms with E-state index in [1.54, 1.807) is 11.1 Å². The van der Waals surface area contributed by atoms with Crippen LogP contribution in [-0.2, 0) is 21.3 Å². The van der Waals surface area contributed by atoms with E-state index in [-0.39, 0.29) is 24.8 Å². The normalized spacial score (nSPS) is 18.4. The molecule has 1 unspecified atom stereocenters. The number of hydrogen-bond donors (Lipinski definition) is 0. The van der Waals surface area contributed by atoms with Gasteiger partial charge in [-0.2, -0.15) is 0 Å². The van der Waals surface area contributed by atoms with Crippen molar-refractivity contribution in [3.8, 4) is 11.1 Å². The fourth-order valence-electron chi connectivity index (χ4n) is 5.80. The molecule has 3 aromatic carbocycles. The molecule has 156 valence electrons. The molecule has 0 amide bonds. The van der Waals surface area contributed by atoms with E-state index in [1.165, 1.54) is 60.4 Å². The molecule has 6 rings (SSSR count). The zero-order chi connectivity index (χ0) is 19.2. The molecular formula is C28H26Cl2Zr. The Hall–Kier alpha value is -1.27. The van der Waals surface area contributed by atoms with Gasteiger partial charge in [-0.1, -0.05) is 0 Å². The molecule has 0 heterocycles. The Morgan fingerprint density at radius 3 is 2.32 bits per heavy atom. The van der Waals surface area contributed by atoms with E-state index in [4.69, 9.17) is 0 Å². The Morgan fingerprint density at radius 2 is 1.52 bits per heavy atom. The van der Waals surface area contributed by atoms with Gasteiger partial charge in [0.25, 0.3) is 0 Å². The first-order valence-corrected chi connectivity index (χ1v) is 15.0. The van der Waals surface area contributed by atoms with Gasteiger partial charge < -0.3 is 24.8 Å². The molecule has 3 aliphatic carbocycles. The summed E-state index contributed by atoms with van der Waals surface area (Å²) in [4.78, 5) is 0. The first kappa shape index (κ1) is 22.9. The fraction of sp³-hybridized carbons (Fsp3) is 0.250. The van der Waals surface area contributed by atoms with Crippen molar-refractivity contribution in [2.24, 2.45) is 0 Å². The molecule has 0 nitrogen and oxygen atoms in total. The summed E-state index contributed by atoms with van der Waals surface area (Å²) in [6.07, 6.45) is 15.5. The first-order valence-electron chi connectivity index (χ1n) is 11.1. The van der Waals surface area contributed by atoms with E-state index in [1.807, 2.05) is 6.49 Å². The molecule has 0 radical (unpaired) electrons. The van der Waals surface area contributed by atoms with E-state index < -0.39 is 21.3 Å². The average Bonchev–Trinajstić information content (AvgIpc) is 3.42. The van der Waals surface area contributed by atoms with Crippen LogP contribution in [0, 0.1) is 0 Å². The standard InChI is InChI=1S/C17H11.C6H10.C5H5.2ClH.Zr/c1-3-7-14-12(5-1)9-10-16-15-8-4-2-6-13(15)11-17(14)16;1-2-4-6-5-3-1;1-2-4-5-3-1;;;/h1-11H;1-5H2;1-3H,4H2;2*1H;/q;;;;;+2/p-2. The van der Waals surface area contributed by atoms with Crippen molar-refractivity contribution < 1.29 is 46.1 Å². The van der Waals surface area contributed by atoms with Gasteiger partial charge in [-0.3, -0.25) is 0 Å². The molecular weight excluding hydrogens is 498 g/mol. The summed E-state index contributed by atoms with van der Waals surface area (Å²) >= 11 is -2.05. The predicted octanol–water partition coefficient (Wildman–Crippen LogP) is 1.52. The molecule has 3 aliphatic rings. The molecule has 0 bridgehead atoms. The second-order valence-electron chi connectivity index (χ2n) is 8.67. The molecule has 31 heavy (non-hydrogen) atoms. The third kappa shape index (κ3) is 3.88. The van der Waals surface area contributed by atoms with Gasteiger partial charge in [0.15, 0.2) is 0 Å². The SMILES string of the molecule is C1=CC[C]([Zr+2](=[C]2CCCCC2)[CH]2c3ccccc3-c3ccc4ccccc4c32)=C1.[Cl-].[Cl-]. The number of fused-ring (bicyclic) bond motifs is 5. The number of rotatable bonds is 2. The molecule has 1 saturated carbocycles. The zero-order valence-corrected chi connectivity index (χ0v) is 21.6. The Kier molecular flexibility index (Phi) is 7.17. The summed E-state index contributed by atoms with van der Waals surface area (Å²) in [5.74, 6) is 0. The number of allylic oxidation sites excluding steroid dienone is 4. The van der Waals surface area contributed by atoms with Crippen molar-refractivity contribution in [1.82, 2.24) is 0 Å². The molecule has 0 aromatic heterocycles. The van der Waals surface area contributed by atoms with E-state index >= 15 is 0 Å². The zero-order valence-electron chi connectivity index (χ0n) is 17.6. The molecule has 3 heteroatoms. The third-order valence-corrected chi connectivity index (χ3v) is 15.7. The minimum atomic E-state index is -2.05. The van der Waals surface area contributed by atoms with Gasteiger partial charge in [0.1, 0.15) is 0 Å². The monoisotopic (exact) mass is 522 g/mol. The Balaban J connectivity index is 0.00000116. The molecule has 1 atom stereocenters. The van der Waals surface area contributed by atoms with Crippen LogP contribution in [0.15, 0.2) is 82.2 Å². The van der Waals surface area contributed by atoms with Gasteiger partial charge in [-0.25, -0.2) is 0 Å². The maximum absolute atomic E-state index is 2.50. The average molecular weight is 525 g/mol.